The molecule has 0 bridgehead atoms. The zero-order chi connectivity index (χ0) is 21.5. The minimum atomic E-state index is -0.358. The Morgan fingerprint density at radius 3 is 2.17 bits per heavy atom. The summed E-state index contributed by atoms with van der Waals surface area (Å²) in [5, 5.41) is 3.29. The Hall–Kier alpha value is -2.77. The zero-order valence-corrected chi connectivity index (χ0v) is 17.2. The van der Waals surface area contributed by atoms with Gasteiger partial charge in [-0.3, -0.25) is 19.3 Å². The van der Waals surface area contributed by atoms with Gasteiger partial charge in [0.25, 0.3) is 0 Å². The molecular weight excluding hydrogens is 409 g/mol. The largest absolute Gasteiger partial charge is 0.340 e. The quantitative estimate of drug-likeness (QED) is 0.683. The van der Waals surface area contributed by atoms with Gasteiger partial charge in [-0.2, -0.15) is 0 Å². The maximum absolute atomic E-state index is 12.9. The van der Waals surface area contributed by atoms with E-state index in [2.05, 4.69) is 5.32 Å². The molecule has 1 N–H and O–H groups in total. The monoisotopic (exact) mass is 431 g/mol. The number of halogens is 2. The average Bonchev–Trinajstić information content (AvgIpc) is 2.74. The summed E-state index contributed by atoms with van der Waals surface area (Å²) < 4.78 is 12.9. The highest BCUT2D eigenvalue weighted by Gasteiger charge is 2.23. The van der Waals surface area contributed by atoms with E-state index in [0.717, 1.165) is 0 Å². The molecule has 30 heavy (non-hydrogen) atoms. The first-order chi connectivity index (χ1) is 14.4. The van der Waals surface area contributed by atoms with Gasteiger partial charge in [0.1, 0.15) is 5.82 Å². The van der Waals surface area contributed by atoms with Crippen LogP contribution in [0.5, 0.6) is 0 Å². The summed E-state index contributed by atoms with van der Waals surface area (Å²) in [7, 11) is 0. The summed E-state index contributed by atoms with van der Waals surface area (Å²) in [5.74, 6) is -0.692. The molecule has 1 aliphatic heterocycles. The molecule has 2 aromatic carbocycles. The summed E-state index contributed by atoms with van der Waals surface area (Å²) in [6.45, 7) is 2.38. The van der Waals surface area contributed by atoms with Gasteiger partial charge in [0, 0.05) is 55.3 Å². The van der Waals surface area contributed by atoms with Crippen LogP contribution in [0.3, 0.4) is 0 Å². The second kappa shape index (κ2) is 10.3. The van der Waals surface area contributed by atoms with Crippen molar-refractivity contribution >= 4 is 34.9 Å². The molecule has 1 heterocycles. The fraction of sp³-hybridized carbons (Fsp3) is 0.318. The van der Waals surface area contributed by atoms with E-state index in [1.54, 1.807) is 29.2 Å². The Labute approximate surface area is 179 Å². The van der Waals surface area contributed by atoms with Crippen LogP contribution in [0, 0.1) is 5.82 Å². The zero-order valence-electron chi connectivity index (χ0n) is 16.4. The van der Waals surface area contributed by atoms with Gasteiger partial charge in [0.05, 0.1) is 6.54 Å². The Kier molecular flexibility index (Phi) is 7.54. The van der Waals surface area contributed by atoms with E-state index >= 15 is 0 Å². The molecule has 2 aromatic rings. The molecule has 0 atom stereocenters. The minimum Gasteiger partial charge on any atom is -0.340 e. The molecule has 0 spiro atoms. The van der Waals surface area contributed by atoms with E-state index in [9.17, 15) is 18.8 Å². The minimum absolute atomic E-state index is 0.0623. The SMILES string of the molecule is O=C(CN1CCN(C(=O)CCC(=O)c2ccc(Cl)cc2)CC1)Nc1ccc(F)cc1. The van der Waals surface area contributed by atoms with E-state index in [0.29, 0.717) is 42.5 Å². The molecule has 0 unspecified atom stereocenters. The van der Waals surface area contributed by atoms with Crippen molar-refractivity contribution in [2.75, 3.05) is 38.0 Å². The Morgan fingerprint density at radius 1 is 0.900 bits per heavy atom. The number of carbonyl (C=O) groups excluding carboxylic acids is 3. The predicted molar refractivity (Wildman–Crippen MR) is 113 cm³/mol. The van der Waals surface area contributed by atoms with Gasteiger partial charge in [-0.15, -0.1) is 0 Å². The highest BCUT2D eigenvalue weighted by Crippen LogP contribution is 2.13. The van der Waals surface area contributed by atoms with Crippen molar-refractivity contribution in [3.8, 4) is 0 Å². The molecule has 1 saturated heterocycles. The van der Waals surface area contributed by atoms with Gasteiger partial charge >= 0.3 is 0 Å². The molecule has 2 amide bonds. The molecule has 158 valence electrons. The molecule has 0 aromatic heterocycles. The van der Waals surface area contributed by atoms with Gasteiger partial charge in [0.15, 0.2) is 5.78 Å². The van der Waals surface area contributed by atoms with Crippen LogP contribution in [-0.4, -0.2) is 60.1 Å². The van der Waals surface area contributed by atoms with Crippen molar-refractivity contribution in [3.63, 3.8) is 0 Å². The van der Waals surface area contributed by atoms with E-state index in [-0.39, 0.29) is 42.8 Å². The number of nitrogens with zero attached hydrogens (tertiary/aromatic N) is 2. The van der Waals surface area contributed by atoms with Crippen molar-refractivity contribution in [2.24, 2.45) is 0 Å². The number of rotatable bonds is 7. The van der Waals surface area contributed by atoms with Crippen molar-refractivity contribution in [3.05, 3.63) is 64.9 Å². The van der Waals surface area contributed by atoms with E-state index in [1.165, 1.54) is 24.3 Å². The number of amides is 2. The lowest BCUT2D eigenvalue weighted by molar-refractivity contribution is -0.133. The number of hydrogen-bond acceptors (Lipinski definition) is 4. The molecule has 1 aliphatic rings. The first-order valence-electron chi connectivity index (χ1n) is 9.75. The van der Waals surface area contributed by atoms with Gasteiger partial charge in [-0.1, -0.05) is 11.6 Å². The standard InChI is InChI=1S/C22H23ClFN3O3/c23-17-3-1-16(2-4-17)20(28)9-10-22(30)27-13-11-26(12-14-27)15-21(29)25-19-7-5-18(24)6-8-19/h1-8H,9-15H2,(H,25,29). The normalized spacial score (nSPS) is 14.4. The first-order valence-corrected chi connectivity index (χ1v) is 10.1. The van der Waals surface area contributed by atoms with E-state index in [1.807, 2.05) is 4.90 Å². The number of ketones is 1. The van der Waals surface area contributed by atoms with Crippen LogP contribution < -0.4 is 5.32 Å². The number of benzene rings is 2. The lowest BCUT2D eigenvalue weighted by atomic mass is 10.1. The van der Waals surface area contributed by atoms with E-state index < -0.39 is 0 Å². The Morgan fingerprint density at radius 2 is 1.53 bits per heavy atom. The lowest BCUT2D eigenvalue weighted by Crippen LogP contribution is -2.50. The van der Waals surface area contributed by atoms with Crippen LogP contribution in [-0.2, 0) is 9.59 Å². The van der Waals surface area contributed by atoms with Gasteiger partial charge in [-0.05, 0) is 48.5 Å². The highest BCUT2D eigenvalue weighted by atomic mass is 35.5. The summed E-state index contributed by atoms with van der Waals surface area (Å²) in [5.41, 5.74) is 1.09. The van der Waals surface area contributed by atoms with Crippen LogP contribution in [0.4, 0.5) is 10.1 Å². The smallest absolute Gasteiger partial charge is 0.238 e. The van der Waals surface area contributed by atoms with Crippen molar-refractivity contribution in [2.45, 2.75) is 12.8 Å². The number of carbonyl (C=O) groups is 3. The third kappa shape index (κ3) is 6.37. The number of piperazine rings is 1. The molecule has 0 aliphatic carbocycles. The molecule has 8 heteroatoms. The predicted octanol–water partition coefficient (Wildman–Crippen LogP) is 3.22. The maximum Gasteiger partial charge on any atom is 0.238 e. The average molecular weight is 432 g/mol. The fourth-order valence-electron chi connectivity index (χ4n) is 3.25. The fourth-order valence-corrected chi connectivity index (χ4v) is 3.38. The second-order valence-corrected chi connectivity index (χ2v) is 7.58. The lowest BCUT2D eigenvalue weighted by Gasteiger charge is -2.34. The van der Waals surface area contributed by atoms with Crippen molar-refractivity contribution < 1.29 is 18.8 Å². The first kappa shape index (κ1) is 21.9. The molecule has 6 nitrogen and oxygen atoms in total. The third-order valence-corrected chi connectivity index (χ3v) is 5.20. The number of anilines is 1. The van der Waals surface area contributed by atoms with Crippen LogP contribution >= 0.6 is 11.6 Å². The van der Waals surface area contributed by atoms with Crippen LogP contribution in [0.2, 0.25) is 5.02 Å². The van der Waals surface area contributed by atoms with Crippen LogP contribution in [0.1, 0.15) is 23.2 Å². The Balaban J connectivity index is 1.38. The number of Topliss-reactive ketones (excluding diaryl/α,β-unsaturated/α-hetero) is 1. The second-order valence-electron chi connectivity index (χ2n) is 7.14. The summed E-state index contributed by atoms with van der Waals surface area (Å²) in [6.07, 6.45) is 0.313. The summed E-state index contributed by atoms with van der Waals surface area (Å²) in [6, 6.07) is 12.2. The number of hydrogen-bond donors (Lipinski definition) is 1. The van der Waals surface area contributed by atoms with Crippen LogP contribution in [0.15, 0.2) is 48.5 Å². The Bertz CT molecular complexity index is 895. The number of nitrogens with one attached hydrogen (secondary N) is 1. The third-order valence-electron chi connectivity index (χ3n) is 4.95. The van der Waals surface area contributed by atoms with Gasteiger partial charge in [0.2, 0.25) is 11.8 Å². The molecule has 3 rings (SSSR count). The maximum atomic E-state index is 12.9. The molecule has 0 radical (unpaired) electrons. The highest BCUT2D eigenvalue weighted by molar-refractivity contribution is 6.30. The summed E-state index contributed by atoms with van der Waals surface area (Å²) >= 11 is 5.82. The summed E-state index contributed by atoms with van der Waals surface area (Å²) in [4.78, 5) is 40.4. The van der Waals surface area contributed by atoms with Crippen molar-refractivity contribution in [1.29, 1.82) is 0 Å². The molecular formula is C22H23ClFN3O3. The van der Waals surface area contributed by atoms with Crippen molar-refractivity contribution in [1.82, 2.24) is 9.80 Å². The van der Waals surface area contributed by atoms with Crippen LogP contribution in [0.25, 0.3) is 0 Å². The molecule has 0 saturated carbocycles. The molecule has 1 fully saturated rings. The van der Waals surface area contributed by atoms with E-state index in [4.69, 9.17) is 11.6 Å². The van der Waals surface area contributed by atoms with Gasteiger partial charge < -0.3 is 10.2 Å². The van der Waals surface area contributed by atoms with Gasteiger partial charge in [-0.25, -0.2) is 4.39 Å². The topological polar surface area (TPSA) is 69.7 Å².